The second kappa shape index (κ2) is 7.19. The molecule has 26 heavy (non-hydrogen) atoms. The van der Waals surface area contributed by atoms with E-state index in [-0.39, 0.29) is 6.04 Å². The Labute approximate surface area is 151 Å². The van der Waals surface area contributed by atoms with E-state index in [2.05, 4.69) is 37.0 Å². The van der Waals surface area contributed by atoms with Gasteiger partial charge >= 0.3 is 0 Å². The van der Waals surface area contributed by atoms with Gasteiger partial charge in [-0.25, -0.2) is 24.6 Å². The Morgan fingerprint density at radius 1 is 1.08 bits per heavy atom. The Balaban J connectivity index is 1.75. The van der Waals surface area contributed by atoms with Crippen molar-refractivity contribution in [3.8, 4) is 0 Å². The van der Waals surface area contributed by atoms with Gasteiger partial charge in [-0.2, -0.15) is 0 Å². The van der Waals surface area contributed by atoms with E-state index in [1.165, 1.54) is 12.8 Å². The highest BCUT2D eigenvalue weighted by atomic mass is 16.6. The van der Waals surface area contributed by atoms with Crippen molar-refractivity contribution >= 4 is 22.9 Å². The molecule has 0 aromatic carbocycles. The molecule has 1 saturated heterocycles. The summed E-state index contributed by atoms with van der Waals surface area (Å²) in [5.41, 5.74) is 1.78. The lowest BCUT2D eigenvalue weighted by Gasteiger charge is -2.30. The van der Waals surface area contributed by atoms with Crippen LogP contribution < -0.4 is 9.80 Å². The number of hydrogen-bond donors (Lipinski definition) is 0. The van der Waals surface area contributed by atoms with E-state index in [4.69, 9.17) is 14.6 Å². The summed E-state index contributed by atoms with van der Waals surface area (Å²) in [6, 6.07) is 1.92. The number of hydrogen-bond acceptors (Lipinski definition) is 9. The fraction of sp³-hybridized carbons (Fsp3) is 0.529. The van der Waals surface area contributed by atoms with Crippen LogP contribution in [-0.4, -0.2) is 50.4 Å². The van der Waals surface area contributed by atoms with Crippen LogP contribution in [0.2, 0.25) is 0 Å². The minimum atomic E-state index is 0.00957. The molecule has 9 heteroatoms. The maximum atomic E-state index is 4.83. The van der Waals surface area contributed by atoms with Crippen LogP contribution in [-0.2, 0) is 0 Å². The predicted molar refractivity (Wildman–Crippen MR) is 96.9 cm³/mol. The monoisotopic (exact) mass is 354 g/mol. The molecule has 0 amide bonds. The van der Waals surface area contributed by atoms with E-state index >= 15 is 0 Å². The van der Waals surface area contributed by atoms with Crippen LogP contribution in [0.4, 0.5) is 11.6 Å². The summed E-state index contributed by atoms with van der Waals surface area (Å²) < 4.78 is 4.83. The Kier molecular flexibility index (Phi) is 4.59. The van der Waals surface area contributed by atoms with Gasteiger partial charge in [0.15, 0.2) is 11.6 Å². The summed E-state index contributed by atoms with van der Waals surface area (Å²) in [5, 5.41) is 7.74. The highest BCUT2D eigenvalue weighted by Crippen LogP contribution is 2.32. The zero-order valence-corrected chi connectivity index (χ0v) is 15.0. The molecule has 4 heterocycles. The summed E-state index contributed by atoms with van der Waals surface area (Å²) in [6.45, 7) is 4.02. The van der Waals surface area contributed by atoms with E-state index in [0.717, 1.165) is 43.3 Å². The molecular formula is C17H22N8O. The van der Waals surface area contributed by atoms with Gasteiger partial charge in [0.25, 0.3) is 0 Å². The van der Waals surface area contributed by atoms with Gasteiger partial charge in [-0.15, -0.1) is 0 Å². The van der Waals surface area contributed by atoms with E-state index in [1.54, 1.807) is 12.5 Å². The first-order valence-corrected chi connectivity index (χ1v) is 8.98. The minimum absolute atomic E-state index is 0.00957. The maximum absolute atomic E-state index is 4.83. The molecule has 0 N–H and O–H groups in total. The SMILES string of the molecule is CC(c1ccncn1)N(C)c1nc2nonc2nc1N1CCCCCC1. The van der Waals surface area contributed by atoms with Crippen molar-refractivity contribution in [1.29, 1.82) is 0 Å². The van der Waals surface area contributed by atoms with Gasteiger partial charge in [-0.3, -0.25) is 0 Å². The van der Waals surface area contributed by atoms with Crippen LogP contribution in [0.1, 0.15) is 44.3 Å². The largest absolute Gasteiger partial charge is 0.353 e. The number of nitrogens with zero attached hydrogens (tertiary/aromatic N) is 8. The molecular weight excluding hydrogens is 332 g/mol. The van der Waals surface area contributed by atoms with Crippen LogP contribution in [0.3, 0.4) is 0 Å². The van der Waals surface area contributed by atoms with E-state index < -0.39 is 0 Å². The standard InChI is InChI=1S/C17H22N8O/c1-12(13-7-8-18-11-19-13)24(2)16-17(25-9-5-3-4-6-10-25)21-15-14(20-16)22-26-23-15/h7-8,11-12H,3-6,9-10H2,1-2H3. The highest BCUT2D eigenvalue weighted by Gasteiger charge is 2.25. The zero-order chi connectivity index (χ0) is 17.9. The van der Waals surface area contributed by atoms with Crippen molar-refractivity contribution < 1.29 is 4.63 Å². The van der Waals surface area contributed by atoms with Gasteiger partial charge in [0.2, 0.25) is 11.3 Å². The van der Waals surface area contributed by atoms with Gasteiger partial charge in [0.05, 0.1) is 11.7 Å². The smallest absolute Gasteiger partial charge is 0.245 e. The quantitative estimate of drug-likeness (QED) is 0.699. The van der Waals surface area contributed by atoms with Crippen LogP contribution in [0.25, 0.3) is 11.3 Å². The Hall–Kier alpha value is -2.84. The van der Waals surface area contributed by atoms with Crippen LogP contribution in [0.15, 0.2) is 23.2 Å². The molecule has 1 aliphatic heterocycles. The molecule has 0 aliphatic carbocycles. The van der Waals surface area contributed by atoms with Crippen molar-refractivity contribution in [3.05, 3.63) is 24.3 Å². The lowest BCUT2D eigenvalue weighted by molar-refractivity contribution is 0.314. The summed E-state index contributed by atoms with van der Waals surface area (Å²) in [4.78, 5) is 22.2. The average molecular weight is 354 g/mol. The highest BCUT2D eigenvalue weighted by molar-refractivity contribution is 5.74. The van der Waals surface area contributed by atoms with Crippen molar-refractivity contribution in [2.75, 3.05) is 29.9 Å². The molecule has 0 radical (unpaired) electrons. The second-order valence-corrected chi connectivity index (χ2v) is 6.60. The van der Waals surface area contributed by atoms with Crippen LogP contribution >= 0.6 is 0 Å². The third kappa shape index (κ3) is 3.16. The first-order chi connectivity index (χ1) is 12.7. The molecule has 3 aromatic heterocycles. The van der Waals surface area contributed by atoms with E-state index in [9.17, 15) is 0 Å². The molecule has 136 valence electrons. The Bertz CT molecular complexity index is 860. The summed E-state index contributed by atoms with van der Waals surface area (Å²) in [7, 11) is 2.00. The second-order valence-electron chi connectivity index (χ2n) is 6.60. The van der Waals surface area contributed by atoms with Gasteiger partial charge in [0, 0.05) is 26.3 Å². The summed E-state index contributed by atoms with van der Waals surface area (Å²) in [5.74, 6) is 1.60. The molecule has 9 nitrogen and oxygen atoms in total. The molecule has 0 spiro atoms. The third-order valence-electron chi connectivity index (χ3n) is 4.93. The molecule has 1 aliphatic rings. The lowest BCUT2D eigenvalue weighted by atomic mass is 10.2. The van der Waals surface area contributed by atoms with Crippen LogP contribution in [0, 0.1) is 0 Å². The maximum Gasteiger partial charge on any atom is 0.245 e. The lowest BCUT2D eigenvalue weighted by Crippen LogP contribution is -2.30. The molecule has 4 rings (SSSR count). The normalized spacial score (nSPS) is 16.5. The fourth-order valence-corrected chi connectivity index (χ4v) is 3.28. The summed E-state index contributed by atoms with van der Waals surface area (Å²) >= 11 is 0. The molecule has 1 fully saturated rings. The third-order valence-corrected chi connectivity index (χ3v) is 4.93. The molecule has 0 bridgehead atoms. The summed E-state index contributed by atoms with van der Waals surface area (Å²) in [6.07, 6.45) is 8.12. The minimum Gasteiger partial charge on any atom is -0.353 e. The predicted octanol–water partition coefficient (Wildman–Crippen LogP) is 2.38. The number of anilines is 2. The van der Waals surface area contributed by atoms with Crippen molar-refractivity contribution in [3.63, 3.8) is 0 Å². The van der Waals surface area contributed by atoms with Gasteiger partial charge in [-0.05, 0) is 36.1 Å². The van der Waals surface area contributed by atoms with E-state index in [1.807, 2.05) is 13.1 Å². The topological polar surface area (TPSA) is 97.0 Å². The van der Waals surface area contributed by atoms with Crippen molar-refractivity contribution in [2.45, 2.75) is 38.6 Å². The van der Waals surface area contributed by atoms with Crippen molar-refractivity contribution in [1.82, 2.24) is 30.2 Å². The van der Waals surface area contributed by atoms with Gasteiger partial charge in [-0.1, -0.05) is 12.8 Å². The van der Waals surface area contributed by atoms with Crippen molar-refractivity contribution in [2.24, 2.45) is 0 Å². The van der Waals surface area contributed by atoms with E-state index in [0.29, 0.717) is 11.3 Å². The average Bonchev–Trinajstić information content (AvgIpc) is 2.97. The zero-order valence-electron chi connectivity index (χ0n) is 15.0. The molecule has 3 aromatic rings. The van der Waals surface area contributed by atoms with Gasteiger partial charge in [0.1, 0.15) is 6.33 Å². The number of fused-ring (bicyclic) bond motifs is 1. The molecule has 1 unspecified atom stereocenters. The molecule has 1 atom stereocenters. The first-order valence-electron chi connectivity index (χ1n) is 8.98. The number of aromatic nitrogens is 6. The number of rotatable bonds is 4. The first kappa shape index (κ1) is 16.6. The van der Waals surface area contributed by atoms with Gasteiger partial charge < -0.3 is 9.80 Å². The van der Waals surface area contributed by atoms with Crippen LogP contribution in [0.5, 0.6) is 0 Å². The Morgan fingerprint density at radius 3 is 2.50 bits per heavy atom. The fourth-order valence-electron chi connectivity index (χ4n) is 3.28. The molecule has 0 saturated carbocycles. The Morgan fingerprint density at radius 2 is 1.81 bits per heavy atom.